The van der Waals surface area contributed by atoms with Crippen LogP contribution in [0.3, 0.4) is 0 Å². The van der Waals surface area contributed by atoms with Crippen LogP contribution in [0, 0.1) is 0 Å². The lowest BCUT2D eigenvalue weighted by Crippen LogP contribution is -2.16. The molecular weight excluding hydrogens is 176 g/mol. The third-order valence-electron chi connectivity index (χ3n) is 2.69. The summed E-state index contributed by atoms with van der Waals surface area (Å²) in [5.41, 5.74) is 1.37. The Hall–Kier alpha value is -0.690. The number of rotatable bonds is 3. The molecule has 0 aliphatic heterocycles. The average molecular weight is 192 g/mol. The van der Waals surface area contributed by atoms with E-state index in [4.69, 9.17) is 0 Å². The highest BCUT2D eigenvalue weighted by Gasteiger charge is 2.19. The Bertz CT molecular complexity index is 304. The first kappa shape index (κ1) is 10.4. The third-order valence-corrected chi connectivity index (χ3v) is 2.97. The summed E-state index contributed by atoms with van der Waals surface area (Å²) in [7, 11) is 0. The summed E-state index contributed by atoms with van der Waals surface area (Å²) < 4.78 is 0. The van der Waals surface area contributed by atoms with E-state index in [2.05, 4.69) is 45.2 Å². The van der Waals surface area contributed by atoms with Crippen LogP contribution in [0.4, 0.5) is 0 Å². The quantitative estimate of drug-likeness (QED) is 0.546. The predicted molar refractivity (Wildman–Crippen MR) is 61.5 cm³/mol. The molecule has 0 fully saturated rings. The van der Waals surface area contributed by atoms with Gasteiger partial charge in [0.2, 0.25) is 0 Å². The third kappa shape index (κ3) is 2.16. The largest absolute Gasteiger partial charge is 0.143 e. The second-order valence-electron chi connectivity index (χ2n) is 3.53. The van der Waals surface area contributed by atoms with Crippen molar-refractivity contribution in [1.29, 1.82) is 0 Å². The van der Waals surface area contributed by atoms with Gasteiger partial charge in [-0.15, -0.1) is 19.2 Å². The number of hydrogen-bond acceptors (Lipinski definition) is 1. The molecule has 0 saturated carbocycles. The Morgan fingerprint density at radius 1 is 1.54 bits per heavy atom. The van der Waals surface area contributed by atoms with E-state index in [9.17, 15) is 0 Å². The lowest BCUT2D eigenvalue weighted by atomic mass is 9.80. The minimum atomic E-state index is 0.0821. The highest BCUT2D eigenvalue weighted by Crippen LogP contribution is 2.29. The minimum absolute atomic E-state index is 0.0821. The van der Waals surface area contributed by atoms with E-state index in [1.165, 1.54) is 5.56 Å². The van der Waals surface area contributed by atoms with Crippen molar-refractivity contribution < 1.29 is 0 Å². The number of thiol groups is 1. The Labute approximate surface area is 86.1 Å². The van der Waals surface area contributed by atoms with Crippen molar-refractivity contribution >= 4 is 12.6 Å². The Morgan fingerprint density at radius 2 is 2.23 bits per heavy atom. The molecule has 0 aromatic heterocycles. The summed E-state index contributed by atoms with van der Waals surface area (Å²) in [5, 5.41) is 0. The van der Waals surface area contributed by atoms with E-state index in [0.717, 1.165) is 11.3 Å². The van der Waals surface area contributed by atoms with Crippen molar-refractivity contribution in [1.82, 2.24) is 0 Å². The topological polar surface area (TPSA) is 0 Å². The van der Waals surface area contributed by atoms with Gasteiger partial charge in [-0.1, -0.05) is 32.1 Å². The maximum Gasteiger partial charge on any atom is 0.00987 e. The molecule has 0 heterocycles. The SMILES string of the molecule is C=CC(C)(CC)c1cccc(S)c1. The van der Waals surface area contributed by atoms with Crippen LogP contribution in [0.15, 0.2) is 41.8 Å². The van der Waals surface area contributed by atoms with Crippen LogP contribution in [0.5, 0.6) is 0 Å². The summed E-state index contributed by atoms with van der Waals surface area (Å²) in [6, 6.07) is 8.26. The summed E-state index contributed by atoms with van der Waals surface area (Å²) >= 11 is 4.33. The fraction of sp³-hybridized carbons (Fsp3) is 0.333. The van der Waals surface area contributed by atoms with Gasteiger partial charge in [-0.3, -0.25) is 0 Å². The van der Waals surface area contributed by atoms with Gasteiger partial charge in [-0.05, 0) is 24.1 Å². The Balaban J connectivity index is 3.12. The van der Waals surface area contributed by atoms with E-state index in [1.807, 2.05) is 18.2 Å². The molecule has 0 nitrogen and oxygen atoms in total. The molecule has 0 radical (unpaired) electrons. The average Bonchev–Trinajstić information content (AvgIpc) is 2.17. The molecule has 13 heavy (non-hydrogen) atoms. The van der Waals surface area contributed by atoms with Crippen LogP contribution < -0.4 is 0 Å². The van der Waals surface area contributed by atoms with Gasteiger partial charge in [-0.25, -0.2) is 0 Å². The van der Waals surface area contributed by atoms with Gasteiger partial charge in [0, 0.05) is 10.3 Å². The molecule has 70 valence electrons. The predicted octanol–water partition coefficient (Wildman–Crippen LogP) is 3.83. The van der Waals surface area contributed by atoms with Crippen molar-refractivity contribution in [2.45, 2.75) is 30.6 Å². The molecule has 1 atom stereocenters. The van der Waals surface area contributed by atoms with Crippen LogP contribution in [-0.4, -0.2) is 0 Å². The molecule has 0 N–H and O–H groups in total. The maximum atomic E-state index is 4.33. The first-order valence-corrected chi connectivity index (χ1v) is 5.00. The molecule has 1 heteroatoms. The first-order valence-electron chi connectivity index (χ1n) is 4.55. The minimum Gasteiger partial charge on any atom is -0.143 e. The van der Waals surface area contributed by atoms with Gasteiger partial charge in [0.25, 0.3) is 0 Å². The standard InChI is InChI=1S/C12H16S/c1-4-12(3,5-2)10-7-6-8-11(13)9-10/h4,6-9,13H,1,5H2,2-3H3. The maximum absolute atomic E-state index is 4.33. The normalized spacial score (nSPS) is 15.0. The lowest BCUT2D eigenvalue weighted by Gasteiger charge is -2.24. The van der Waals surface area contributed by atoms with Crippen LogP contribution >= 0.6 is 12.6 Å². The van der Waals surface area contributed by atoms with Gasteiger partial charge in [0.15, 0.2) is 0 Å². The molecule has 0 spiro atoms. The summed E-state index contributed by atoms with van der Waals surface area (Å²) in [6.07, 6.45) is 3.07. The van der Waals surface area contributed by atoms with Crippen molar-refractivity contribution in [2.75, 3.05) is 0 Å². The van der Waals surface area contributed by atoms with E-state index < -0.39 is 0 Å². The van der Waals surface area contributed by atoms with Crippen LogP contribution in [0.25, 0.3) is 0 Å². The van der Waals surface area contributed by atoms with E-state index in [0.29, 0.717) is 0 Å². The van der Waals surface area contributed by atoms with Crippen molar-refractivity contribution in [3.63, 3.8) is 0 Å². The lowest BCUT2D eigenvalue weighted by molar-refractivity contribution is 0.572. The van der Waals surface area contributed by atoms with Crippen molar-refractivity contribution in [2.24, 2.45) is 0 Å². The Morgan fingerprint density at radius 3 is 2.69 bits per heavy atom. The Kier molecular flexibility index (Phi) is 3.21. The molecule has 1 aromatic carbocycles. The van der Waals surface area contributed by atoms with Crippen LogP contribution in [0.1, 0.15) is 25.8 Å². The van der Waals surface area contributed by atoms with Crippen molar-refractivity contribution in [3.8, 4) is 0 Å². The molecule has 1 rings (SSSR count). The highest BCUT2D eigenvalue weighted by molar-refractivity contribution is 7.80. The summed E-state index contributed by atoms with van der Waals surface area (Å²) in [4.78, 5) is 1.01. The number of benzene rings is 1. The molecule has 0 aliphatic carbocycles. The van der Waals surface area contributed by atoms with Gasteiger partial charge in [0.05, 0.1) is 0 Å². The van der Waals surface area contributed by atoms with Crippen LogP contribution in [-0.2, 0) is 5.41 Å². The fourth-order valence-electron chi connectivity index (χ4n) is 1.33. The molecule has 0 aliphatic rings. The van der Waals surface area contributed by atoms with E-state index in [-0.39, 0.29) is 5.41 Å². The number of hydrogen-bond donors (Lipinski definition) is 1. The first-order chi connectivity index (χ1) is 6.12. The van der Waals surface area contributed by atoms with E-state index >= 15 is 0 Å². The summed E-state index contributed by atoms with van der Waals surface area (Å²) in [6.45, 7) is 8.26. The fourth-order valence-corrected chi connectivity index (χ4v) is 1.55. The molecule has 0 saturated heterocycles. The van der Waals surface area contributed by atoms with Gasteiger partial charge >= 0.3 is 0 Å². The zero-order valence-corrected chi connectivity index (χ0v) is 9.14. The van der Waals surface area contributed by atoms with Crippen molar-refractivity contribution in [3.05, 3.63) is 42.5 Å². The molecule has 0 bridgehead atoms. The van der Waals surface area contributed by atoms with Crippen LogP contribution in [0.2, 0.25) is 0 Å². The highest BCUT2D eigenvalue weighted by atomic mass is 32.1. The monoisotopic (exact) mass is 192 g/mol. The van der Waals surface area contributed by atoms with E-state index in [1.54, 1.807) is 0 Å². The second-order valence-corrected chi connectivity index (χ2v) is 4.04. The molecule has 0 amide bonds. The second kappa shape index (κ2) is 4.01. The molecule has 1 aromatic rings. The number of allylic oxidation sites excluding steroid dienone is 1. The summed E-state index contributed by atoms with van der Waals surface area (Å²) in [5.74, 6) is 0. The van der Waals surface area contributed by atoms with Gasteiger partial charge < -0.3 is 0 Å². The zero-order valence-electron chi connectivity index (χ0n) is 8.25. The molecule has 1 unspecified atom stereocenters. The molecular formula is C12H16S. The van der Waals surface area contributed by atoms with Gasteiger partial charge in [-0.2, -0.15) is 0 Å². The van der Waals surface area contributed by atoms with Gasteiger partial charge in [0.1, 0.15) is 0 Å². The zero-order chi connectivity index (χ0) is 9.90. The smallest absolute Gasteiger partial charge is 0.00987 e.